The molecule has 1 amide bonds. The van der Waals surface area contributed by atoms with Crippen LogP contribution in [0.3, 0.4) is 0 Å². The minimum atomic E-state index is -0.467. The van der Waals surface area contributed by atoms with E-state index < -0.39 is 5.25 Å². The molecule has 0 spiro atoms. The Bertz CT molecular complexity index is 1320. The second kappa shape index (κ2) is 9.52. The van der Waals surface area contributed by atoms with Gasteiger partial charge in [-0.3, -0.25) is 4.79 Å². The summed E-state index contributed by atoms with van der Waals surface area (Å²) >= 11 is 7.55. The van der Waals surface area contributed by atoms with Crippen LogP contribution in [0.5, 0.6) is 0 Å². The molecule has 1 aliphatic heterocycles. The quantitative estimate of drug-likeness (QED) is 0.367. The largest absolute Gasteiger partial charge is 0.325 e. The smallest absolute Gasteiger partial charge is 0.240 e. The number of nitrogens with zero attached hydrogens (tertiary/aromatic N) is 3. The van der Waals surface area contributed by atoms with E-state index in [1.54, 1.807) is 0 Å². The van der Waals surface area contributed by atoms with Gasteiger partial charge in [0, 0.05) is 16.3 Å². The van der Waals surface area contributed by atoms with Crippen LogP contribution in [0.25, 0.3) is 11.4 Å². The molecule has 1 aromatic heterocycles. The number of benzene rings is 3. The Labute approximate surface area is 207 Å². The Morgan fingerprint density at radius 2 is 1.82 bits per heavy atom. The first-order valence-electron chi connectivity index (χ1n) is 11.1. The predicted molar refractivity (Wildman–Crippen MR) is 138 cm³/mol. The molecule has 172 valence electrons. The van der Waals surface area contributed by atoms with Gasteiger partial charge in [-0.15, -0.1) is 10.2 Å². The molecule has 1 aliphatic rings. The summed E-state index contributed by atoms with van der Waals surface area (Å²) in [5.74, 6) is 0.616. The summed E-state index contributed by atoms with van der Waals surface area (Å²) < 4.78 is 1.87. The van der Waals surface area contributed by atoms with E-state index in [0.717, 1.165) is 34.4 Å². The molecular weight excluding hydrogens is 466 g/mol. The highest BCUT2D eigenvalue weighted by molar-refractivity contribution is 8.00. The number of aromatic nitrogens is 3. The number of hydrogen-bond acceptors (Lipinski definition) is 5. The summed E-state index contributed by atoms with van der Waals surface area (Å²) in [6.45, 7) is 4.10. The van der Waals surface area contributed by atoms with Crippen molar-refractivity contribution in [3.8, 4) is 11.4 Å². The van der Waals surface area contributed by atoms with Crippen LogP contribution in [0.2, 0.25) is 5.02 Å². The van der Waals surface area contributed by atoms with Crippen LogP contribution in [0.15, 0.2) is 78.0 Å². The van der Waals surface area contributed by atoms with Gasteiger partial charge in [0.15, 0.2) is 5.82 Å². The molecule has 0 unspecified atom stereocenters. The van der Waals surface area contributed by atoms with Gasteiger partial charge in [-0.1, -0.05) is 91.0 Å². The third kappa shape index (κ3) is 4.29. The molecule has 4 aromatic rings. The van der Waals surface area contributed by atoms with Crippen LogP contribution >= 0.6 is 23.4 Å². The standard InChI is InChI=1S/C26H24ClN5OS/c1-3-17-11-7-8-16(2)21(17)28-25(33)23-22(18-12-14-20(27)15-13-18)31-32-24(29-30-26(32)34-23)19-9-5-4-6-10-19/h4-15,22-23,31H,3H2,1-2H3,(H,28,33)/t22-,23+/m0/s1. The lowest BCUT2D eigenvalue weighted by atomic mass is 10.0. The maximum Gasteiger partial charge on any atom is 0.240 e. The van der Waals surface area contributed by atoms with Gasteiger partial charge in [-0.25, -0.2) is 4.68 Å². The maximum absolute atomic E-state index is 13.7. The molecule has 6 nitrogen and oxygen atoms in total. The minimum Gasteiger partial charge on any atom is -0.325 e. The second-order valence-corrected chi connectivity index (χ2v) is 9.70. The lowest BCUT2D eigenvalue weighted by molar-refractivity contribution is -0.116. The number of aryl methyl sites for hydroxylation is 2. The van der Waals surface area contributed by atoms with Crippen molar-refractivity contribution < 1.29 is 4.79 Å². The van der Waals surface area contributed by atoms with Gasteiger partial charge in [0.1, 0.15) is 5.25 Å². The van der Waals surface area contributed by atoms with E-state index in [4.69, 9.17) is 11.6 Å². The number of halogens is 1. The number of fused-ring (bicyclic) bond motifs is 1. The summed E-state index contributed by atoms with van der Waals surface area (Å²) in [6.07, 6.45) is 0.836. The number of para-hydroxylation sites is 1. The van der Waals surface area contributed by atoms with Crippen molar-refractivity contribution in [1.82, 2.24) is 14.9 Å². The molecule has 8 heteroatoms. The van der Waals surface area contributed by atoms with E-state index >= 15 is 0 Å². The Morgan fingerprint density at radius 3 is 2.56 bits per heavy atom. The van der Waals surface area contributed by atoms with E-state index in [1.807, 2.05) is 84.4 Å². The maximum atomic E-state index is 13.7. The molecule has 5 rings (SSSR count). The molecule has 0 aliphatic carbocycles. The van der Waals surface area contributed by atoms with Gasteiger partial charge < -0.3 is 10.7 Å². The number of hydrogen-bond donors (Lipinski definition) is 2. The molecule has 0 fully saturated rings. The second-order valence-electron chi connectivity index (χ2n) is 8.16. The Kier molecular flexibility index (Phi) is 6.30. The molecule has 0 radical (unpaired) electrons. The lowest BCUT2D eigenvalue weighted by Gasteiger charge is -2.33. The van der Waals surface area contributed by atoms with Gasteiger partial charge in [0.05, 0.1) is 6.04 Å². The third-order valence-corrected chi connectivity index (χ3v) is 7.41. The van der Waals surface area contributed by atoms with Crippen LogP contribution in [-0.2, 0) is 11.2 Å². The van der Waals surface area contributed by atoms with E-state index in [-0.39, 0.29) is 11.9 Å². The zero-order chi connectivity index (χ0) is 23.7. The van der Waals surface area contributed by atoms with Gasteiger partial charge in [0.25, 0.3) is 0 Å². The minimum absolute atomic E-state index is 0.0861. The van der Waals surface area contributed by atoms with Crippen LogP contribution in [0.1, 0.15) is 29.7 Å². The Morgan fingerprint density at radius 1 is 1.06 bits per heavy atom. The number of carbonyl (C=O) groups is 1. The van der Waals surface area contributed by atoms with E-state index in [9.17, 15) is 4.79 Å². The van der Waals surface area contributed by atoms with Crippen molar-refractivity contribution in [2.45, 2.75) is 36.7 Å². The summed E-state index contributed by atoms with van der Waals surface area (Å²) in [7, 11) is 0. The lowest BCUT2D eigenvalue weighted by Crippen LogP contribution is -2.41. The van der Waals surface area contributed by atoms with Crippen molar-refractivity contribution in [3.63, 3.8) is 0 Å². The number of anilines is 1. The van der Waals surface area contributed by atoms with Crippen molar-refractivity contribution in [1.29, 1.82) is 0 Å². The van der Waals surface area contributed by atoms with Gasteiger partial charge in [0.2, 0.25) is 11.1 Å². The topological polar surface area (TPSA) is 71.8 Å². The van der Waals surface area contributed by atoms with Crippen molar-refractivity contribution in [3.05, 3.63) is 94.5 Å². The van der Waals surface area contributed by atoms with E-state index in [1.165, 1.54) is 11.8 Å². The Hall–Kier alpha value is -3.29. The molecule has 2 atom stereocenters. The van der Waals surface area contributed by atoms with Gasteiger partial charge in [-0.05, 0) is 42.2 Å². The molecule has 34 heavy (non-hydrogen) atoms. The van der Waals surface area contributed by atoms with Crippen LogP contribution in [0.4, 0.5) is 5.69 Å². The monoisotopic (exact) mass is 489 g/mol. The van der Waals surface area contributed by atoms with Crippen molar-refractivity contribution in [2.24, 2.45) is 0 Å². The SMILES string of the molecule is CCc1cccc(C)c1NC(=O)[C@@H]1Sc2nnc(-c3ccccc3)n2N[C@H]1c1ccc(Cl)cc1. The first-order chi connectivity index (χ1) is 16.5. The van der Waals surface area contributed by atoms with Gasteiger partial charge >= 0.3 is 0 Å². The van der Waals surface area contributed by atoms with Crippen molar-refractivity contribution >= 4 is 35.0 Å². The Balaban J connectivity index is 1.53. The highest BCUT2D eigenvalue weighted by atomic mass is 35.5. The summed E-state index contributed by atoms with van der Waals surface area (Å²) in [5.41, 5.74) is 8.43. The zero-order valence-corrected chi connectivity index (χ0v) is 20.4. The summed E-state index contributed by atoms with van der Waals surface area (Å²) in [4.78, 5) is 13.7. The molecular formula is C26H24ClN5OS. The third-order valence-electron chi connectivity index (χ3n) is 5.94. The zero-order valence-electron chi connectivity index (χ0n) is 18.8. The normalized spacial score (nSPS) is 17.0. The molecule has 2 N–H and O–H groups in total. The number of carbonyl (C=O) groups excluding carboxylic acids is 1. The van der Waals surface area contributed by atoms with E-state index in [0.29, 0.717) is 16.0 Å². The summed E-state index contributed by atoms with van der Waals surface area (Å²) in [6, 6.07) is 23.2. The fraction of sp³-hybridized carbons (Fsp3) is 0.192. The molecule has 3 aromatic carbocycles. The van der Waals surface area contributed by atoms with Crippen LogP contribution in [0, 0.1) is 6.92 Å². The first-order valence-corrected chi connectivity index (χ1v) is 12.4. The van der Waals surface area contributed by atoms with E-state index in [2.05, 4.69) is 27.9 Å². The number of rotatable bonds is 5. The number of nitrogens with one attached hydrogen (secondary N) is 2. The predicted octanol–water partition coefficient (Wildman–Crippen LogP) is 5.87. The summed E-state index contributed by atoms with van der Waals surface area (Å²) in [5, 5.41) is 12.8. The highest BCUT2D eigenvalue weighted by Gasteiger charge is 2.38. The molecule has 2 heterocycles. The fourth-order valence-corrected chi connectivity index (χ4v) is 5.35. The van der Waals surface area contributed by atoms with Crippen LogP contribution in [-0.4, -0.2) is 26.0 Å². The molecule has 0 saturated heterocycles. The molecule has 0 bridgehead atoms. The van der Waals surface area contributed by atoms with Crippen LogP contribution < -0.4 is 10.7 Å². The average molecular weight is 490 g/mol. The number of thioether (sulfide) groups is 1. The first kappa shape index (κ1) is 22.5. The van der Waals surface area contributed by atoms with Crippen molar-refractivity contribution in [2.75, 3.05) is 10.7 Å². The molecule has 0 saturated carbocycles. The average Bonchev–Trinajstić information content (AvgIpc) is 3.28. The highest BCUT2D eigenvalue weighted by Crippen LogP contribution is 2.39. The number of amides is 1. The fourth-order valence-electron chi connectivity index (χ4n) is 4.15. The van der Waals surface area contributed by atoms with Gasteiger partial charge in [-0.2, -0.15) is 0 Å².